The van der Waals surface area contributed by atoms with E-state index in [0.29, 0.717) is 6.04 Å². The second-order valence-electron chi connectivity index (χ2n) is 4.46. The standard InChI is InChI=1S/C12H20N4/c1-10-9-16(5-4-15(10)3)12-6-11(13-2)7-14-8-12/h6-8,10,13H,4-5,9H2,1-3H3. The highest BCUT2D eigenvalue weighted by Gasteiger charge is 2.20. The summed E-state index contributed by atoms with van der Waals surface area (Å²) in [5, 5.41) is 3.13. The minimum Gasteiger partial charge on any atom is -0.387 e. The van der Waals surface area contributed by atoms with E-state index in [-0.39, 0.29) is 0 Å². The van der Waals surface area contributed by atoms with Gasteiger partial charge in [-0.1, -0.05) is 0 Å². The molecule has 0 saturated carbocycles. The Kier molecular flexibility index (Phi) is 3.29. The smallest absolute Gasteiger partial charge is 0.0574 e. The van der Waals surface area contributed by atoms with Crippen molar-refractivity contribution in [2.45, 2.75) is 13.0 Å². The van der Waals surface area contributed by atoms with Gasteiger partial charge < -0.3 is 15.1 Å². The summed E-state index contributed by atoms with van der Waals surface area (Å²) in [6.07, 6.45) is 3.79. The van der Waals surface area contributed by atoms with Gasteiger partial charge in [0, 0.05) is 32.7 Å². The third-order valence-electron chi connectivity index (χ3n) is 3.34. The number of nitrogens with zero attached hydrogens (tertiary/aromatic N) is 3. The number of pyridine rings is 1. The Morgan fingerprint density at radius 1 is 1.38 bits per heavy atom. The summed E-state index contributed by atoms with van der Waals surface area (Å²) < 4.78 is 0. The summed E-state index contributed by atoms with van der Waals surface area (Å²) in [5.74, 6) is 0. The molecular weight excluding hydrogens is 200 g/mol. The van der Waals surface area contributed by atoms with Crippen molar-refractivity contribution in [1.82, 2.24) is 9.88 Å². The van der Waals surface area contributed by atoms with Crippen LogP contribution in [0.1, 0.15) is 6.92 Å². The number of nitrogens with one attached hydrogen (secondary N) is 1. The molecule has 4 nitrogen and oxygen atoms in total. The van der Waals surface area contributed by atoms with Crippen LogP contribution in [0, 0.1) is 0 Å². The molecule has 0 aliphatic carbocycles. The van der Waals surface area contributed by atoms with Crippen LogP contribution in [0.5, 0.6) is 0 Å². The van der Waals surface area contributed by atoms with Crippen molar-refractivity contribution < 1.29 is 0 Å². The Hall–Kier alpha value is -1.29. The number of likely N-dealkylation sites (N-methyl/N-ethyl adjacent to an activating group) is 1. The van der Waals surface area contributed by atoms with Crippen LogP contribution in [-0.4, -0.2) is 49.7 Å². The molecule has 88 valence electrons. The van der Waals surface area contributed by atoms with E-state index in [1.54, 1.807) is 0 Å². The van der Waals surface area contributed by atoms with Crippen molar-refractivity contribution in [3.05, 3.63) is 18.5 Å². The molecule has 1 saturated heterocycles. The highest BCUT2D eigenvalue weighted by Crippen LogP contribution is 2.20. The second kappa shape index (κ2) is 4.70. The normalized spacial score (nSPS) is 22.2. The Labute approximate surface area is 97.3 Å². The number of aromatic nitrogens is 1. The number of piperazine rings is 1. The maximum absolute atomic E-state index is 4.26. The number of rotatable bonds is 2. The van der Waals surface area contributed by atoms with Crippen molar-refractivity contribution in [2.75, 3.05) is 43.9 Å². The van der Waals surface area contributed by atoms with Crippen LogP contribution in [0.3, 0.4) is 0 Å². The van der Waals surface area contributed by atoms with Gasteiger partial charge in [0.2, 0.25) is 0 Å². The first-order valence-corrected chi connectivity index (χ1v) is 5.78. The number of hydrogen-bond acceptors (Lipinski definition) is 4. The summed E-state index contributed by atoms with van der Waals surface area (Å²) in [6, 6.07) is 2.76. The van der Waals surface area contributed by atoms with E-state index >= 15 is 0 Å². The molecular formula is C12H20N4. The van der Waals surface area contributed by atoms with E-state index in [0.717, 1.165) is 25.3 Å². The molecule has 4 heteroatoms. The molecule has 0 bridgehead atoms. The van der Waals surface area contributed by atoms with Crippen molar-refractivity contribution in [3.63, 3.8) is 0 Å². The molecule has 1 unspecified atom stereocenters. The number of anilines is 2. The molecule has 16 heavy (non-hydrogen) atoms. The molecule has 2 rings (SSSR count). The summed E-state index contributed by atoms with van der Waals surface area (Å²) >= 11 is 0. The molecule has 0 spiro atoms. The average Bonchev–Trinajstić information content (AvgIpc) is 2.33. The molecule has 0 aromatic carbocycles. The van der Waals surface area contributed by atoms with Crippen molar-refractivity contribution in [1.29, 1.82) is 0 Å². The molecule has 0 amide bonds. The van der Waals surface area contributed by atoms with Gasteiger partial charge >= 0.3 is 0 Å². The molecule has 1 aliphatic rings. The lowest BCUT2D eigenvalue weighted by Crippen LogP contribution is -2.50. The summed E-state index contributed by atoms with van der Waals surface area (Å²) in [5.41, 5.74) is 2.29. The highest BCUT2D eigenvalue weighted by molar-refractivity contribution is 5.55. The zero-order valence-electron chi connectivity index (χ0n) is 10.3. The van der Waals surface area contributed by atoms with Gasteiger partial charge in [0.25, 0.3) is 0 Å². The van der Waals surface area contributed by atoms with Gasteiger partial charge in [0.15, 0.2) is 0 Å². The summed E-state index contributed by atoms with van der Waals surface area (Å²) in [7, 11) is 4.11. The lowest BCUT2D eigenvalue weighted by atomic mass is 10.2. The van der Waals surface area contributed by atoms with Crippen LogP contribution in [0.15, 0.2) is 18.5 Å². The van der Waals surface area contributed by atoms with Gasteiger partial charge in [-0.2, -0.15) is 0 Å². The Balaban J connectivity index is 2.12. The minimum absolute atomic E-state index is 0.604. The highest BCUT2D eigenvalue weighted by atomic mass is 15.3. The van der Waals surface area contributed by atoms with Crippen LogP contribution in [0.4, 0.5) is 11.4 Å². The molecule has 1 aromatic rings. The first-order chi connectivity index (χ1) is 7.70. The molecule has 1 aliphatic heterocycles. The van der Waals surface area contributed by atoms with Crippen LogP contribution < -0.4 is 10.2 Å². The zero-order chi connectivity index (χ0) is 11.5. The first kappa shape index (κ1) is 11.2. The van der Waals surface area contributed by atoms with Crippen molar-refractivity contribution >= 4 is 11.4 Å². The largest absolute Gasteiger partial charge is 0.387 e. The van der Waals surface area contributed by atoms with E-state index in [9.17, 15) is 0 Å². The molecule has 1 aromatic heterocycles. The lowest BCUT2D eigenvalue weighted by molar-refractivity contribution is 0.234. The molecule has 0 radical (unpaired) electrons. The Morgan fingerprint density at radius 2 is 2.19 bits per heavy atom. The predicted molar refractivity (Wildman–Crippen MR) is 68.1 cm³/mol. The van der Waals surface area contributed by atoms with Gasteiger partial charge in [-0.25, -0.2) is 0 Å². The van der Waals surface area contributed by atoms with Gasteiger partial charge in [-0.3, -0.25) is 4.98 Å². The van der Waals surface area contributed by atoms with E-state index in [1.165, 1.54) is 5.69 Å². The fourth-order valence-corrected chi connectivity index (χ4v) is 2.02. The first-order valence-electron chi connectivity index (χ1n) is 5.78. The lowest BCUT2D eigenvalue weighted by Gasteiger charge is -2.38. The third-order valence-corrected chi connectivity index (χ3v) is 3.34. The van der Waals surface area contributed by atoms with Crippen molar-refractivity contribution in [3.8, 4) is 0 Å². The maximum atomic E-state index is 4.26. The molecule has 1 fully saturated rings. The minimum atomic E-state index is 0.604. The van der Waals surface area contributed by atoms with Crippen LogP contribution >= 0.6 is 0 Å². The van der Waals surface area contributed by atoms with Gasteiger partial charge in [-0.15, -0.1) is 0 Å². The van der Waals surface area contributed by atoms with Crippen LogP contribution in [-0.2, 0) is 0 Å². The van der Waals surface area contributed by atoms with E-state index in [2.05, 4.69) is 40.1 Å². The van der Waals surface area contributed by atoms with E-state index in [1.807, 2.05) is 19.4 Å². The second-order valence-corrected chi connectivity index (χ2v) is 4.46. The van der Waals surface area contributed by atoms with Crippen LogP contribution in [0.25, 0.3) is 0 Å². The quantitative estimate of drug-likeness (QED) is 0.813. The number of hydrogen-bond donors (Lipinski definition) is 1. The Morgan fingerprint density at radius 3 is 2.88 bits per heavy atom. The third kappa shape index (κ3) is 2.27. The maximum Gasteiger partial charge on any atom is 0.0574 e. The predicted octanol–water partition coefficient (Wildman–Crippen LogP) is 1.26. The molecule has 1 atom stereocenters. The molecule has 2 heterocycles. The van der Waals surface area contributed by atoms with Gasteiger partial charge in [-0.05, 0) is 20.0 Å². The molecule has 1 N–H and O–H groups in total. The van der Waals surface area contributed by atoms with Gasteiger partial charge in [0.1, 0.15) is 0 Å². The van der Waals surface area contributed by atoms with E-state index in [4.69, 9.17) is 0 Å². The fraction of sp³-hybridized carbons (Fsp3) is 0.583. The van der Waals surface area contributed by atoms with Crippen molar-refractivity contribution in [2.24, 2.45) is 0 Å². The summed E-state index contributed by atoms with van der Waals surface area (Å²) in [6.45, 7) is 5.54. The Bertz CT molecular complexity index is 353. The monoisotopic (exact) mass is 220 g/mol. The average molecular weight is 220 g/mol. The van der Waals surface area contributed by atoms with Gasteiger partial charge in [0.05, 0.1) is 23.8 Å². The zero-order valence-corrected chi connectivity index (χ0v) is 10.3. The summed E-state index contributed by atoms with van der Waals surface area (Å²) in [4.78, 5) is 9.05. The SMILES string of the molecule is CNc1cncc(N2CCN(C)C(C)C2)c1. The topological polar surface area (TPSA) is 31.4 Å². The van der Waals surface area contributed by atoms with E-state index < -0.39 is 0 Å². The fourth-order valence-electron chi connectivity index (χ4n) is 2.02. The van der Waals surface area contributed by atoms with Crippen LogP contribution in [0.2, 0.25) is 0 Å².